The van der Waals surface area contributed by atoms with Gasteiger partial charge in [-0.3, -0.25) is 0 Å². The molecule has 0 aliphatic carbocycles. The highest BCUT2D eigenvalue weighted by Gasteiger charge is 2.23. The fourth-order valence-corrected chi connectivity index (χ4v) is 5.51. The van der Waals surface area contributed by atoms with Crippen LogP contribution in [0.5, 0.6) is 11.5 Å². The first-order chi connectivity index (χ1) is 17.4. The minimum atomic E-state index is -4.06. The van der Waals surface area contributed by atoms with E-state index in [9.17, 15) is 13.5 Å². The van der Waals surface area contributed by atoms with Gasteiger partial charge in [0.15, 0.2) is 6.29 Å². The van der Waals surface area contributed by atoms with Crippen molar-refractivity contribution in [1.82, 2.24) is 0 Å². The molecule has 0 amide bonds. The minimum absolute atomic E-state index is 0.0582. The lowest BCUT2D eigenvalue weighted by Crippen LogP contribution is -2.27. The van der Waals surface area contributed by atoms with Gasteiger partial charge < -0.3 is 18.8 Å². The predicted molar refractivity (Wildman–Crippen MR) is 139 cm³/mol. The summed E-state index contributed by atoms with van der Waals surface area (Å²) in [7, 11) is -4.06. The number of phenols is 1. The Morgan fingerprint density at radius 3 is 2.17 bits per heavy atom. The summed E-state index contributed by atoms with van der Waals surface area (Å²) in [5.74, 6) is 0.539. The number of unbranched alkanes of at least 4 members (excludes halogenated alkanes) is 3. The second kappa shape index (κ2) is 11.9. The van der Waals surface area contributed by atoms with E-state index >= 15 is 0 Å². The number of hydrogen-bond donors (Lipinski definition) is 1. The molecule has 0 radical (unpaired) electrons. The Morgan fingerprint density at radius 1 is 0.889 bits per heavy atom. The molecule has 0 aromatic heterocycles. The smallest absolute Gasteiger partial charge is 0.339 e. The first-order valence-corrected chi connectivity index (χ1v) is 13.9. The second-order valence-corrected chi connectivity index (χ2v) is 10.9. The SMILES string of the molecule is CCCCCCC1COC(c2ccc(-c3ccc(OS(=O)(=O)c4cc(O)ccc4C)cc3)cc2)OC1. The lowest BCUT2D eigenvalue weighted by atomic mass is 10.0. The molecule has 1 fully saturated rings. The van der Waals surface area contributed by atoms with Crippen LogP contribution in [-0.4, -0.2) is 26.7 Å². The summed E-state index contributed by atoms with van der Waals surface area (Å²) >= 11 is 0. The molecule has 192 valence electrons. The summed E-state index contributed by atoms with van der Waals surface area (Å²) in [6.45, 7) is 5.33. The number of rotatable bonds is 10. The lowest BCUT2D eigenvalue weighted by Gasteiger charge is -2.29. The second-order valence-electron chi connectivity index (χ2n) is 9.35. The summed E-state index contributed by atoms with van der Waals surface area (Å²) < 4.78 is 42.6. The molecule has 0 bridgehead atoms. The molecule has 7 heteroatoms. The van der Waals surface area contributed by atoms with Crippen LogP contribution in [0.25, 0.3) is 11.1 Å². The first-order valence-electron chi connectivity index (χ1n) is 12.5. The highest BCUT2D eigenvalue weighted by atomic mass is 32.2. The molecule has 1 aliphatic rings. The summed E-state index contributed by atoms with van der Waals surface area (Å²) in [6, 6.07) is 19.0. The zero-order chi connectivity index (χ0) is 25.5. The molecule has 4 rings (SSSR count). The predicted octanol–water partition coefficient (Wildman–Crippen LogP) is 6.77. The molecule has 36 heavy (non-hydrogen) atoms. The Balaban J connectivity index is 1.34. The van der Waals surface area contributed by atoms with Gasteiger partial charge in [-0.1, -0.05) is 75.1 Å². The van der Waals surface area contributed by atoms with Crippen LogP contribution in [0.4, 0.5) is 0 Å². The quantitative estimate of drug-likeness (QED) is 0.239. The molecule has 0 unspecified atom stereocenters. The fourth-order valence-electron chi connectivity index (χ4n) is 4.33. The molecule has 0 atom stereocenters. The van der Waals surface area contributed by atoms with Crippen molar-refractivity contribution in [3.63, 3.8) is 0 Å². The van der Waals surface area contributed by atoms with Crippen molar-refractivity contribution < 1.29 is 27.2 Å². The van der Waals surface area contributed by atoms with Crippen LogP contribution in [0.1, 0.15) is 56.4 Å². The molecule has 1 N–H and O–H groups in total. The van der Waals surface area contributed by atoms with E-state index in [4.69, 9.17) is 13.7 Å². The maximum Gasteiger partial charge on any atom is 0.339 e. The van der Waals surface area contributed by atoms with Crippen LogP contribution in [0.15, 0.2) is 71.6 Å². The van der Waals surface area contributed by atoms with E-state index in [2.05, 4.69) is 6.92 Å². The first kappa shape index (κ1) is 26.2. The summed E-state index contributed by atoms with van der Waals surface area (Å²) in [4.78, 5) is -0.0582. The van der Waals surface area contributed by atoms with E-state index < -0.39 is 10.1 Å². The van der Waals surface area contributed by atoms with Gasteiger partial charge in [-0.05, 0) is 48.2 Å². The van der Waals surface area contributed by atoms with Gasteiger partial charge in [-0.15, -0.1) is 0 Å². The Morgan fingerprint density at radius 2 is 1.53 bits per heavy atom. The van der Waals surface area contributed by atoms with Gasteiger partial charge in [0.25, 0.3) is 0 Å². The molecule has 1 saturated heterocycles. The monoisotopic (exact) mass is 510 g/mol. The number of hydrogen-bond acceptors (Lipinski definition) is 6. The Bertz CT molecular complexity index is 1230. The highest BCUT2D eigenvalue weighted by Crippen LogP contribution is 2.31. The summed E-state index contributed by atoms with van der Waals surface area (Å²) in [5.41, 5.74) is 3.40. The van der Waals surface area contributed by atoms with E-state index in [1.54, 1.807) is 19.1 Å². The maximum atomic E-state index is 12.7. The van der Waals surface area contributed by atoms with Crippen molar-refractivity contribution in [2.45, 2.75) is 57.1 Å². The Kier molecular flexibility index (Phi) is 8.67. The maximum absolute atomic E-state index is 12.7. The molecule has 1 heterocycles. The average molecular weight is 511 g/mol. The van der Waals surface area contributed by atoms with Gasteiger partial charge in [-0.2, -0.15) is 8.42 Å². The van der Waals surface area contributed by atoms with Gasteiger partial charge in [0.1, 0.15) is 16.4 Å². The number of aryl methyl sites for hydroxylation is 1. The number of phenolic OH excluding ortho intramolecular Hbond substituents is 1. The van der Waals surface area contributed by atoms with E-state index in [0.717, 1.165) is 36.3 Å². The third-order valence-corrected chi connectivity index (χ3v) is 7.84. The van der Waals surface area contributed by atoms with Gasteiger partial charge in [0, 0.05) is 17.5 Å². The third kappa shape index (κ3) is 6.66. The van der Waals surface area contributed by atoms with Crippen LogP contribution >= 0.6 is 0 Å². The molecule has 0 spiro atoms. The fraction of sp³-hybridized carbons (Fsp3) is 0.379. The highest BCUT2D eigenvalue weighted by molar-refractivity contribution is 7.87. The minimum Gasteiger partial charge on any atom is -0.508 e. The van der Waals surface area contributed by atoms with Gasteiger partial charge >= 0.3 is 10.1 Å². The zero-order valence-electron chi connectivity index (χ0n) is 20.9. The van der Waals surface area contributed by atoms with Crippen LogP contribution in [0.2, 0.25) is 0 Å². The van der Waals surface area contributed by atoms with E-state index in [0.29, 0.717) is 11.5 Å². The molecule has 3 aromatic rings. The van der Waals surface area contributed by atoms with E-state index in [1.807, 2.05) is 36.4 Å². The molecule has 6 nitrogen and oxygen atoms in total. The van der Waals surface area contributed by atoms with Crippen molar-refractivity contribution in [1.29, 1.82) is 0 Å². The van der Waals surface area contributed by atoms with Gasteiger partial charge in [-0.25, -0.2) is 0 Å². The zero-order valence-corrected chi connectivity index (χ0v) is 21.7. The van der Waals surface area contributed by atoms with E-state index in [-0.39, 0.29) is 22.7 Å². The van der Waals surface area contributed by atoms with Crippen LogP contribution in [-0.2, 0) is 19.6 Å². The topological polar surface area (TPSA) is 82.1 Å². The number of aromatic hydroxyl groups is 1. The van der Waals surface area contributed by atoms with Crippen LogP contribution in [0, 0.1) is 12.8 Å². The van der Waals surface area contributed by atoms with Crippen molar-refractivity contribution in [2.75, 3.05) is 13.2 Å². The summed E-state index contributed by atoms with van der Waals surface area (Å²) in [6.07, 6.45) is 5.86. The van der Waals surface area contributed by atoms with Crippen molar-refractivity contribution in [3.8, 4) is 22.6 Å². The van der Waals surface area contributed by atoms with Crippen LogP contribution < -0.4 is 4.18 Å². The average Bonchev–Trinajstić information content (AvgIpc) is 2.89. The third-order valence-electron chi connectivity index (χ3n) is 6.45. The number of benzene rings is 3. The van der Waals surface area contributed by atoms with Gasteiger partial charge in [0.05, 0.1) is 13.2 Å². The van der Waals surface area contributed by atoms with Gasteiger partial charge in [0.2, 0.25) is 0 Å². The molecule has 0 saturated carbocycles. The molecule has 1 aliphatic heterocycles. The molecular formula is C29H34O6S. The summed E-state index contributed by atoms with van der Waals surface area (Å²) in [5, 5.41) is 9.66. The Labute approximate surface area is 214 Å². The largest absolute Gasteiger partial charge is 0.508 e. The van der Waals surface area contributed by atoms with Crippen LogP contribution in [0.3, 0.4) is 0 Å². The molecule has 3 aromatic carbocycles. The Hall–Kier alpha value is -2.87. The number of ether oxygens (including phenoxy) is 2. The van der Waals surface area contributed by atoms with Crippen molar-refractivity contribution >= 4 is 10.1 Å². The van der Waals surface area contributed by atoms with E-state index in [1.165, 1.54) is 43.9 Å². The standard InChI is InChI=1S/C29H34O6S/c1-3-4-5-6-7-22-19-33-29(34-20-22)25-11-9-23(10-12-25)24-13-16-27(17-14-24)35-36(31,32)28-18-26(30)15-8-21(28)2/h8-18,22,29-30H,3-7,19-20H2,1-2H3. The lowest BCUT2D eigenvalue weighted by molar-refractivity contribution is -0.206. The molecular weight excluding hydrogens is 476 g/mol. The van der Waals surface area contributed by atoms with Crippen molar-refractivity contribution in [3.05, 3.63) is 77.9 Å². The normalized spacial score (nSPS) is 18.2. The van der Waals surface area contributed by atoms with Crippen molar-refractivity contribution in [2.24, 2.45) is 5.92 Å².